The van der Waals surface area contributed by atoms with E-state index >= 15 is 0 Å². The summed E-state index contributed by atoms with van der Waals surface area (Å²) in [7, 11) is 0. The van der Waals surface area contributed by atoms with Crippen molar-refractivity contribution in [2.24, 2.45) is 4.99 Å². The number of benzene rings is 1. The Labute approximate surface area is 100 Å². The molecule has 3 heteroatoms. The summed E-state index contributed by atoms with van der Waals surface area (Å²) >= 11 is 0. The molecule has 0 aliphatic carbocycles. The molecule has 0 unspecified atom stereocenters. The third-order valence-electron chi connectivity index (χ3n) is 2.50. The van der Waals surface area contributed by atoms with Gasteiger partial charge in [-0.25, -0.2) is 0 Å². The van der Waals surface area contributed by atoms with Crippen LogP contribution in [0.4, 0.5) is 0 Å². The van der Waals surface area contributed by atoms with Crippen molar-refractivity contribution in [2.75, 3.05) is 6.61 Å². The van der Waals surface area contributed by atoms with Gasteiger partial charge in [-0.05, 0) is 24.6 Å². The molecule has 17 heavy (non-hydrogen) atoms. The number of rotatable bonds is 4. The first-order chi connectivity index (χ1) is 8.29. The monoisotopic (exact) mass is 229 g/mol. The van der Waals surface area contributed by atoms with E-state index in [-0.39, 0.29) is 12.6 Å². The maximum Gasteiger partial charge on any atom is 0.144 e. The van der Waals surface area contributed by atoms with Crippen LogP contribution in [-0.4, -0.2) is 17.9 Å². The zero-order valence-electron chi connectivity index (χ0n) is 9.71. The Morgan fingerprint density at radius 1 is 1.24 bits per heavy atom. The van der Waals surface area contributed by atoms with Crippen molar-refractivity contribution in [3.63, 3.8) is 0 Å². The molecule has 2 rings (SSSR count). The number of aliphatic imine (C=N–C) groups is 1. The fraction of sp³-hybridized carbons (Fsp3) is 0.214. The molecule has 0 radical (unpaired) electrons. The SMILES string of the molecule is Cc1ccc(/C=N/[C@@H](CO)c2ccccc2)o1. The quantitative estimate of drug-likeness (QED) is 0.819. The van der Waals surface area contributed by atoms with Gasteiger partial charge in [0.15, 0.2) is 0 Å². The molecule has 1 aromatic heterocycles. The highest BCUT2D eigenvalue weighted by molar-refractivity contribution is 5.76. The number of aliphatic hydroxyl groups is 1. The van der Waals surface area contributed by atoms with Gasteiger partial charge < -0.3 is 9.52 Å². The molecule has 0 aliphatic rings. The van der Waals surface area contributed by atoms with Crippen LogP contribution in [0.15, 0.2) is 51.9 Å². The highest BCUT2D eigenvalue weighted by atomic mass is 16.3. The number of aliphatic hydroxyl groups excluding tert-OH is 1. The van der Waals surface area contributed by atoms with Gasteiger partial charge in [0.2, 0.25) is 0 Å². The Bertz CT molecular complexity index is 488. The fourth-order valence-corrected chi connectivity index (χ4v) is 1.60. The van der Waals surface area contributed by atoms with Gasteiger partial charge in [0.05, 0.1) is 18.9 Å². The predicted molar refractivity (Wildman–Crippen MR) is 67.3 cm³/mol. The third-order valence-corrected chi connectivity index (χ3v) is 2.50. The van der Waals surface area contributed by atoms with Crippen molar-refractivity contribution in [1.29, 1.82) is 0 Å². The summed E-state index contributed by atoms with van der Waals surface area (Å²) in [4.78, 5) is 4.33. The first-order valence-corrected chi connectivity index (χ1v) is 5.55. The second-order valence-electron chi connectivity index (χ2n) is 3.84. The Hall–Kier alpha value is -1.87. The minimum atomic E-state index is -0.235. The van der Waals surface area contributed by atoms with E-state index < -0.39 is 0 Å². The van der Waals surface area contributed by atoms with Crippen LogP contribution in [0.25, 0.3) is 0 Å². The van der Waals surface area contributed by atoms with Crippen LogP contribution < -0.4 is 0 Å². The van der Waals surface area contributed by atoms with Gasteiger partial charge in [0.1, 0.15) is 11.5 Å². The topological polar surface area (TPSA) is 45.7 Å². The van der Waals surface area contributed by atoms with Crippen LogP contribution >= 0.6 is 0 Å². The Balaban J connectivity index is 2.13. The van der Waals surface area contributed by atoms with Crippen LogP contribution in [-0.2, 0) is 0 Å². The normalized spacial score (nSPS) is 13.1. The molecule has 88 valence electrons. The Kier molecular flexibility index (Phi) is 3.73. The molecule has 2 aromatic rings. The summed E-state index contributed by atoms with van der Waals surface area (Å²) in [6, 6.07) is 13.2. The van der Waals surface area contributed by atoms with E-state index in [1.54, 1.807) is 6.21 Å². The van der Waals surface area contributed by atoms with Crippen LogP contribution in [0.3, 0.4) is 0 Å². The lowest BCUT2D eigenvalue weighted by Gasteiger charge is -2.08. The molecule has 0 aliphatic heterocycles. The largest absolute Gasteiger partial charge is 0.460 e. The van der Waals surface area contributed by atoms with E-state index in [4.69, 9.17) is 4.42 Å². The number of hydrogen-bond acceptors (Lipinski definition) is 3. The third kappa shape index (κ3) is 3.04. The smallest absolute Gasteiger partial charge is 0.144 e. The summed E-state index contributed by atoms with van der Waals surface area (Å²) in [6.07, 6.45) is 1.65. The number of furan rings is 1. The molecule has 0 saturated heterocycles. The zero-order chi connectivity index (χ0) is 12.1. The van der Waals surface area contributed by atoms with Crippen molar-refractivity contribution in [2.45, 2.75) is 13.0 Å². The van der Waals surface area contributed by atoms with Gasteiger partial charge in [-0.15, -0.1) is 0 Å². The number of nitrogens with zero attached hydrogens (tertiary/aromatic N) is 1. The lowest BCUT2D eigenvalue weighted by molar-refractivity contribution is 0.269. The summed E-state index contributed by atoms with van der Waals surface area (Å²) in [6.45, 7) is 1.87. The summed E-state index contributed by atoms with van der Waals surface area (Å²) in [5.74, 6) is 1.56. The maximum atomic E-state index is 9.32. The highest BCUT2D eigenvalue weighted by Gasteiger charge is 2.06. The molecule has 1 N–H and O–H groups in total. The van der Waals surface area contributed by atoms with E-state index in [1.165, 1.54) is 0 Å². The van der Waals surface area contributed by atoms with E-state index in [2.05, 4.69) is 4.99 Å². The van der Waals surface area contributed by atoms with Crippen molar-refractivity contribution in [3.05, 3.63) is 59.5 Å². The van der Waals surface area contributed by atoms with E-state index in [0.717, 1.165) is 11.3 Å². The van der Waals surface area contributed by atoms with Crippen molar-refractivity contribution < 1.29 is 9.52 Å². The lowest BCUT2D eigenvalue weighted by Crippen LogP contribution is -2.01. The maximum absolute atomic E-state index is 9.32. The zero-order valence-corrected chi connectivity index (χ0v) is 9.71. The second kappa shape index (κ2) is 5.46. The van der Waals surface area contributed by atoms with Crippen LogP contribution in [0.5, 0.6) is 0 Å². The van der Waals surface area contributed by atoms with E-state index in [9.17, 15) is 5.11 Å². The molecule has 1 aromatic carbocycles. The summed E-state index contributed by atoms with van der Waals surface area (Å²) < 4.78 is 5.38. The van der Waals surface area contributed by atoms with E-state index in [0.29, 0.717) is 5.76 Å². The van der Waals surface area contributed by atoms with Gasteiger partial charge in [0, 0.05) is 0 Å². The molecule has 0 amide bonds. The first kappa shape index (κ1) is 11.6. The first-order valence-electron chi connectivity index (χ1n) is 5.55. The van der Waals surface area contributed by atoms with Crippen molar-refractivity contribution >= 4 is 6.21 Å². The molecular weight excluding hydrogens is 214 g/mol. The Morgan fingerprint density at radius 2 is 2.00 bits per heavy atom. The molecule has 3 nitrogen and oxygen atoms in total. The van der Waals surface area contributed by atoms with Crippen molar-refractivity contribution in [3.8, 4) is 0 Å². The molecule has 0 bridgehead atoms. The minimum Gasteiger partial charge on any atom is -0.460 e. The summed E-state index contributed by atoms with van der Waals surface area (Å²) in [5, 5.41) is 9.32. The molecular formula is C14H15NO2. The fourth-order valence-electron chi connectivity index (χ4n) is 1.60. The summed E-state index contributed by atoms with van der Waals surface area (Å²) in [5.41, 5.74) is 0.995. The Morgan fingerprint density at radius 3 is 2.59 bits per heavy atom. The lowest BCUT2D eigenvalue weighted by atomic mass is 10.1. The van der Waals surface area contributed by atoms with Gasteiger partial charge >= 0.3 is 0 Å². The van der Waals surface area contributed by atoms with Crippen LogP contribution in [0, 0.1) is 6.92 Å². The van der Waals surface area contributed by atoms with Gasteiger partial charge in [-0.2, -0.15) is 0 Å². The standard InChI is InChI=1S/C14H15NO2/c1-11-7-8-13(17-11)9-15-14(10-16)12-5-3-2-4-6-12/h2-9,14,16H,10H2,1H3/b15-9+/t14-/m0/s1. The molecule has 0 spiro atoms. The van der Waals surface area contributed by atoms with Gasteiger partial charge in [0.25, 0.3) is 0 Å². The second-order valence-corrected chi connectivity index (χ2v) is 3.84. The average molecular weight is 229 g/mol. The van der Waals surface area contributed by atoms with Crippen LogP contribution in [0.2, 0.25) is 0 Å². The predicted octanol–water partition coefficient (Wildman–Crippen LogP) is 2.74. The molecule has 1 heterocycles. The van der Waals surface area contributed by atoms with Gasteiger partial charge in [-0.1, -0.05) is 30.3 Å². The molecule has 1 atom stereocenters. The molecule has 0 saturated carbocycles. The van der Waals surface area contributed by atoms with Gasteiger partial charge in [-0.3, -0.25) is 4.99 Å². The van der Waals surface area contributed by atoms with Crippen molar-refractivity contribution in [1.82, 2.24) is 0 Å². The average Bonchev–Trinajstić information content (AvgIpc) is 2.77. The van der Waals surface area contributed by atoms with Crippen LogP contribution in [0.1, 0.15) is 23.1 Å². The number of aryl methyl sites for hydroxylation is 1. The van der Waals surface area contributed by atoms with E-state index in [1.807, 2.05) is 49.4 Å². The molecule has 0 fully saturated rings. The highest BCUT2D eigenvalue weighted by Crippen LogP contribution is 2.16. The minimum absolute atomic E-state index is 0.0137. The number of hydrogen-bond donors (Lipinski definition) is 1.